The number of hydrogen-bond acceptors (Lipinski definition) is 2. The van der Waals surface area contributed by atoms with Gasteiger partial charge in [-0.3, -0.25) is 0 Å². The predicted octanol–water partition coefficient (Wildman–Crippen LogP) is 21.3. The molecule has 16 rings (SSSR count). The van der Waals surface area contributed by atoms with Crippen LogP contribution in [0.4, 0.5) is 0 Å². The van der Waals surface area contributed by atoms with Gasteiger partial charge in [0.05, 0.1) is 0 Å². The molecule has 0 aliphatic carbocycles. The molecule has 0 bridgehead atoms. The summed E-state index contributed by atoms with van der Waals surface area (Å²) in [6, 6.07) is 97.5. The van der Waals surface area contributed by atoms with Crippen molar-refractivity contribution in [3.05, 3.63) is 267 Å². The second-order valence-corrected chi connectivity index (χ2v) is 20.2. The van der Waals surface area contributed by atoms with Crippen LogP contribution in [0.25, 0.3) is 165 Å². The van der Waals surface area contributed by atoms with Crippen molar-refractivity contribution in [1.82, 2.24) is 0 Å². The Hall–Kier alpha value is -10.0. The van der Waals surface area contributed by atoms with E-state index >= 15 is 0 Å². The number of rotatable bonds is 6. The fourth-order valence-electron chi connectivity index (χ4n) is 12.6. The number of benzene rings is 14. The molecule has 16 aromatic rings. The van der Waals surface area contributed by atoms with Gasteiger partial charge in [0.2, 0.25) is 0 Å². The highest BCUT2D eigenvalue weighted by Crippen LogP contribution is 2.48. The third kappa shape index (κ3) is 6.54. The summed E-state index contributed by atoms with van der Waals surface area (Å²) in [5.41, 5.74) is 17.9. The van der Waals surface area contributed by atoms with Gasteiger partial charge in [0.25, 0.3) is 0 Å². The van der Waals surface area contributed by atoms with Crippen LogP contribution in [0.3, 0.4) is 0 Å². The van der Waals surface area contributed by atoms with Crippen LogP contribution < -0.4 is 0 Å². The Labute approximate surface area is 437 Å². The molecular formula is C74H44O2. The van der Waals surface area contributed by atoms with Gasteiger partial charge in [-0.05, 0) is 169 Å². The van der Waals surface area contributed by atoms with Gasteiger partial charge in [0, 0.05) is 21.5 Å². The molecule has 0 aliphatic heterocycles. The Bertz CT molecular complexity index is 4600. The van der Waals surface area contributed by atoms with Crippen LogP contribution in [-0.2, 0) is 0 Å². The molecule has 0 radical (unpaired) electrons. The van der Waals surface area contributed by atoms with E-state index in [9.17, 15) is 0 Å². The standard InChI is InChI=1S/C74H44O2/c1-2-16-50-42-66(46-31-35-48(36-32-46)72-59-21-5-9-25-63(59)74(64-26-10-6-22-60(64)72)52-38-40-56-54-18-12-14-28-68(54)76-70(56)44-52)65(41-49(50)15-1)45-29-33-47(34-30-45)71-57-19-3-7-23-61(57)73(62-24-8-4-20-58(62)71)51-37-39-55-53-17-11-13-27-67(53)75-69(55)43-51/h1-44H. The minimum atomic E-state index is 0.901. The van der Waals surface area contributed by atoms with E-state index < -0.39 is 0 Å². The van der Waals surface area contributed by atoms with Crippen molar-refractivity contribution in [3.8, 4) is 66.8 Å². The normalized spacial score (nSPS) is 11.9. The molecule has 2 nitrogen and oxygen atoms in total. The lowest BCUT2D eigenvalue weighted by atomic mass is 9.84. The maximum Gasteiger partial charge on any atom is 0.136 e. The molecule has 0 saturated carbocycles. The fourth-order valence-corrected chi connectivity index (χ4v) is 12.6. The Kier molecular flexibility index (Phi) is 9.37. The minimum absolute atomic E-state index is 0.901. The van der Waals surface area contributed by atoms with Crippen LogP contribution in [0.2, 0.25) is 0 Å². The lowest BCUT2D eigenvalue weighted by Gasteiger charge is -2.19. The molecule has 0 fully saturated rings. The largest absolute Gasteiger partial charge is 0.456 e. The van der Waals surface area contributed by atoms with Crippen molar-refractivity contribution >= 4 is 97.7 Å². The molecule has 76 heavy (non-hydrogen) atoms. The summed E-state index contributed by atoms with van der Waals surface area (Å²) in [5.74, 6) is 0. The minimum Gasteiger partial charge on any atom is -0.456 e. The van der Waals surface area contributed by atoms with Crippen LogP contribution >= 0.6 is 0 Å². The highest BCUT2D eigenvalue weighted by molar-refractivity contribution is 6.24. The third-order valence-corrected chi connectivity index (χ3v) is 16.1. The number of fused-ring (bicyclic) bond motifs is 11. The topological polar surface area (TPSA) is 26.3 Å². The Morgan fingerprint density at radius 3 is 0.763 bits per heavy atom. The number of furan rings is 2. The van der Waals surface area contributed by atoms with E-state index in [0.29, 0.717) is 0 Å². The van der Waals surface area contributed by atoms with E-state index in [4.69, 9.17) is 8.83 Å². The van der Waals surface area contributed by atoms with Crippen molar-refractivity contribution in [2.75, 3.05) is 0 Å². The van der Waals surface area contributed by atoms with Gasteiger partial charge in [0.1, 0.15) is 22.3 Å². The highest BCUT2D eigenvalue weighted by atomic mass is 16.3. The molecule has 2 heteroatoms. The van der Waals surface area contributed by atoms with Crippen LogP contribution in [0.5, 0.6) is 0 Å². The lowest BCUT2D eigenvalue weighted by molar-refractivity contribution is 0.668. The molecule has 0 saturated heterocycles. The first kappa shape index (κ1) is 42.5. The zero-order valence-corrected chi connectivity index (χ0v) is 41.2. The van der Waals surface area contributed by atoms with E-state index in [1.807, 2.05) is 24.3 Å². The zero-order chi connectivity index (χ0) is 49.8. The third-order valence-electron chi connectivity index (χ3n) is 16.1. The van der Waals surface area contributed by atoms with Crippen molar-refractivity contribution in [3.63, 3.8) is 0 Å². The molecule has 2 aromatic heterocycles. The lowest BCUT2D eigenvalue weighted by Crippen LogP contribution is -1.92. The average Bonchev–Trinajstić information content (AvgIpc) is 4.11. The molecule has 2 heterocycles. The van der Waals surface area contributed by atoms with Gasteiger partial charge in [-0.2, -0.15) is 0 Å². The summed E-state index contributed by atoms with van der Waals surface area (Å²) in [5, 5.41) is 16.7. The Morgan fingerprint density at radius 2 is 0.421 bits per heavy atom. The molecule has 0 spiro atoms. The van der Waals surface area contributed by atoms with Crippen molar-refractivity contribution in [1.29, 1.82) is 0 Å². The van der Waals surface area contributed by atoms with E-state index in [-0.39, 0.29) is 0 Å². The predicted molar refractivity (Wildman–Crippen MR) is 321 cm³/mol. The van der Waals surface area contributed by atoms with Gasteiger partial charge in [-0.15, -0.1) is 0 Å². The van der Waals surface area contributed by atoms with Crippen LogP contribution in [0, 0.1) is 0 Å². The van der Waals surface area contributed by atoms with Crippen molar-refractivity contribution < 1.29 is 8.83 Å². The summed E-state index contributed by atoms with van der Waals surface area (Å²) < 4.78 is 12.8. The summed E-state index contributed by atoms with van der Waals surface area (Å²) in [6.45, 7) is 0. The first-order valence-corrected chi connectivity index (χ1v) is 26.1. The zero-order valence-electron chi connectivity index (χ0n) is 41.2. The SMILES string of the molecule is c1ccc2cc(-c3ccc(-c4c5ccccc5c(-c5ccc6c(c5)oc5ccccc56)c5ccccc45)cc3)c(-c3ccc(-c4c5ccccc5c(-c5ccc6c(c5)oc5ccccc56)c5ccccc45)cc3)cc2c1. The number of hydrogen-bond donors (Lipinski definition) is 0. The van der Waals surface area contributed by atoms with E-state index in [1.165, 1.54) is 109 Å². The van der Waals surface area contributed by atoms with Gasteiger partial charge in [-0.1, -0.05) is 218 Å². The summed E-state index contributed by atoms with van der Waals surface area (Å²) >= 11 is 0. The molecular weight excluding hydrogens is 921 g/mol. The molecule has 0 aliphatic rings. The smallest absolute Gasteiger partial charge is 0.136 e. The van der Waals surface area contributed by atoms with Gasteiger partial charge >= 0.3 is 0 Å². The Balaban J connectivity index is 0.805. The maximum atomic E-state index is 6.42. The fraction of sp³-hybridized carbons (Fsp3) is 0. The summed E-state index contributed by atoms with van der Waals surface area (Å²) in [6.07, 6.45) is 0. The first-order valence-electron chi connectivity index (χ1n) is 26.1. The quantitative estimate of drug-likeness (QED) is 0.155. The first-order chi connectivity index (χ1) is 37.7. The van der Waals surface area contributed by atoms with E-state index in [1.54, 1.807) is 0 Å². The van der Waals surface area contributed by atoms with Crippen molar-refractivity contribution in [2.45, 2.75) is 0 Å². The molecule has 0 atom stereocenters. The average molecular weight is 965 g/mol. The van der Waals surface area contributed by atoms with E-state index in [0.717, 1.165) is 55.0 Å². The summed E-state index contributed by atoms with van der Waals surface area (Å²) in [7, 11) is 0. The maximum absolute atomic E-state index is 6.42. The van der Waals surface area contributed by atoms with Gasteiger partial charge < -0.3 is 8.83 Å². The highest BCUT2D eigenvalue weighted by Gasteiger charge is 2.21. The van der Waals surface area contributed by atoms with E-state index in [2.05, 4.69) is 243 Å². The van der Waals surface area contributed by atoms with Crippen LogP contribution in [0.1, 0.15) is 0 Å². The number of para-hydroxylation sites is 2. The molecule has 352 valence electrons. The second kappa shape index (κ2) is 16.8. The van der Waals surface area contributed by atoms with Crippen LogP contribution in [-0.4, -0.2) is 0 Å². The molecule has 14 aromatic carbocycles. The van der Waals surface area contributed by atoms with Gasteiger partial charge in [0.15, 0.2) is 0 Å². The van der Waals surface area contributed by atoms with Gasteiger partial charge in [-0.25, -0.2) is 0 Å². The molecule has 0 amide bonds. The monoisotopic (exact) mass is 964 g/mol. The van der Waals surface area contributed by atoms with Crippen LogP contribution in [0.15, 0.2) is 276 Å². The van der Waals surface area contributed by atoms with Crippen molar-refractivity contribution in [2.24, 2.45) is 0 Å². The molecule has 0 N–H and O–H groups in total. The summed E-state index contributed by atoms with van der Waals surface area (Å²) in [4.78, 5) is 0. The molecule has 0 unspecified atom stereocenters. The second-order valence-electron chi connectivity index (χ2n) is 20.2. The Morgan fingerprint density at radius 1 is 0.171 bits per heavy atom.